The Bertz CT molecular complexity index is 614. The highest BCUT2D eigenvalue weighted by Gasteiger charge is 2.27. The lowest BCUT2D eigenvalue weighted by Gasteiger charge is -2.10. The van der Waals surface area contributed by atoms with Crippen molar-refractivity contribution in [2.24, 2.45) is 10.9 Å². The first kappa shape index (κ1) is 18.8. The molecule has 0 spiro atoms. The molecule has 0 unspecified atom stereocenters. The molecule has 0 heterocycles. The van der Waals surface area contributed by atoms with Crippen LogP contribution in [0.1, 0.15) is 13.8 Å². The van der Waals surface area contributed by atoms with Crippen LogP contribution < -0.4 is 0 Å². The summed E-state index contributed by atoms with van der Waals surface area (Å²) in [6, 6.07) is 3.93. The molecule has 0 aliphatic heterocycles. The summed E-state index contributed by atoms with van der Waals surface area (Å²) in [5, 5.41) is 10.7. The largest absolute Gasteiger partial charge is 0.465 e. The number of halogens is 1. The van der Waals surface area contributed by atoms with Crippen LogP contribution in [0.3, 0.4) is 0 Å². The van der Waals surface area contributed by atoms with Gasteiger partial charge in [-0.15, -0.1) is 0 Å². The van der Waals surface area contributed by atoms with Gasteiger partial charge in [0.1, 0.15) is 0 Å². The predicted molar refractivity (Wildman–Crippen MR) is 85.7 cm³/mol. The number of aliphatic imine (C=N–C) groups is 1. The Kier molecular flexibility index (Phi) is 7.33. The number of nitrogens with zero attached hydrogens (tertiary/aromatic N) is 2. The minimum Gasteiger partial charge on any atom is -0.465 e. The van der Waals surface area contributed by atoms with Gasteiger partial charge in [-0.1, -0.05) is 0 Å². The van der Waals surface area contributed by atoms with E-state index in [0.717, 1.165) is 6.21 Å². The van der Waals surface area contributed by atoms with E-state index in [1.54, 1.807) is 13.8 Å². The van der Waals surface area contributed by atoms with Crippen molar-refractivity contribution < 1.29 is 24.0 Å². The van der Waals surface area contributed by atoms with Gasteiger partial charge in [0.2, 0.25) is 0 Å². The molecular formula is C14H15BrN2O6. The maximum Gasteiger partial charge on any atom is 0.325 e. The zero-order chi connectivity index (χ0) is 17.4. The van der Waals surface area contributed by atoms with E-state index >= 15 is 0 Å². The third-order valence-electron chi connectivity index (χ3n) is 2.59. The molecule has 0 aliphatic rings. The highest BCUT2D eigenvalue weighted by molar-refractivity contribution is 9.10. The van der Waals surface area contributed by atoms with Crippen LogP contribution in [0.4, 0.5) is 11.4 Å². The number of non-ortho nitro benzene ring substituents is 1. The number of ether oxygens (including phenoxy) is 2. The summed E-state index contributed by atoms with van der Waals surface area (Å²) in [7, 11) is 0. The number of benzene rings is 1. The van der Waals surface area contributed by atoms with Crippen LogP contribution in [0.5, 0.6) is 0 Å². The summed E-state index contributed by atoms with van der Waals surface area (Å²) in [6.07, 6.45) is 1.10. The summed E-state index contributed by atoms with van der Waals surface area (Å²) < 4.78 is 9.97. The molecule has 0 radical (unpaired) electrons. The summed E-state index contributed by atoms with van der Waals surface area (Å²) in [4.78, 5) is 37.7. The Morgan fingerprint density at radius 1 is 1.30 bits per heavy atom. The Morgan fingerprint density at radius 3 is 2.30 bits per heavy atom. The van der Waals surface area contributed by atoms with Gasteiger partial charge in [0, 0.05) is 22.8 Å². The molecule has 124 valence electrons. The van der Waals surface area contributed by atoms with E-state index in [9.17, 15) is 19.7 Å². The molecule has 1 aromatic rings. The van der Waals surface area contributed by atoms with Crippen molar-refractivity contribution in [3.63, 3.8) is 0 Å². The lowest BCUT2D eigenvalue weighted by molar-refractivity contribution is -0.384. The Hall–Kier alpha value is -2.29. The van der Waals surface area contributed by atoms with Crippen molar-refractivity contribution in [1.29, 1.82) is 0 Å². The van der Waals surface area contributed by atoms with E-state index in [1.165, 1.54) is 18.2 Å². The Balaban J connectivity index is 3.02. The van der Waals surface area contributed by atoms with E-state index in [4.69, 9.17) is 9.47 Å². The standard InChI is InChI=1S/C14H15BrN2O6/c1-3-22-13(18)10(14(19)23-4-2)8-16-12-6-5-9(17(20)21)7-11(12)15/h5-8,10H,3-4H2,1-2H3. The topological polar surface area (TPSA) is 108 Å². The Labute approximate surface area is 140 Å². The summed E-state index contributed by atoms with van der Waals surface area (Å²) >= 11 is 3.15. The first-order valence-corrected chi connectivity index (χ1v) is 7.51. The van der Waals surface area contributed by atoms with Gasteiger partial charge in [0.05, 0.1) is 23.8 Å². The molecule has 0 saturated carbocycles. The third kappa shape index (κ3) is 5.44. The van der Waals surface area contributed by atoms with E-state index in [2.05, 4.69) is 20.9 Å². The minimum atomic E-state index is -1.29. The summed E-state index contributed by atoms with van der Waals surface area (Å²) in [5.41, 5.74) is 0.220. The van der Waals surface area contributed by atoms with Gasteiger partial charge in [-0.2, -0.15) is 0 Å². The molecule has 0 N–H and O–H groups in total. The molecule has 0 fully saturated rings. The number of hydrogen-bond acceptors (Lipinski definition) is 7. The second kappa shape index (κ2) is 8.99. The summed E-state index contributed by atoms with van der Waals surface area (Å²) in [6.45, 7) is 3.46. The zero-order valence-corrected chi connectivity index (χ0v) is 14.1. The van der Waals surface area contributed by atoms with Crippen molar-refractivity contribution in [2.45, 2.75) is 13.8 Å². The average molecular weight is 387 g/mol. The van der Waals surface area contributed by atoms with Gasteiger partial charge in [-0.25, -0.2) is 0 Å². The monoisotopic (exact) mass is 386 g/mol. The van der Waals surface area contributed by atoms with Crippen LogP contribution in [-0.4, -0.2) is 36.3 Å². The highest BCUT2D eigenvalue weighted by Crippen LogP contribution is 2.29. The number of nitro benzene ring substituents is 1. The highest BCUT2D eigenvalue weighted by atomic mass is 79.9. The van der Waals surface area contributed by atoms with Crippen LogP contribution >= 0.6 is 15.9 Å². The van der Waals surface area contributed by atoms with Crippen LogP contribution in [0.2, 0.25) is 0 Å². The van der Waals surface area contributed by atoms with Gasteiger partial charge in [0.15, 0.2) is 5.92 Å². The number of esters is 2. The van der Waals surface area contributed by atoms with E-state index in [0.29, 0.717) is 10.2 Å². The lowest BCUT2D eigenvalue weighted by atomic mass is 10.1. The minimum absolute atomic E-state index is 0.108. The third-order valence-corrected chi connectivity index (χ3v) is 3.22. The quantitative estimate of drug-likeness (QED) is 0.234. The predicted octanol–water partition coefficient (Wildman–Crippen LogP) is 2.80. The fourth-order valence-electron chi connectivity index (χ4n) is 1.55. The number of carbonyl (C=O) groups excluding carboxylic acids is 2. The van der Waals surface area contributed by atoms with Gasteiger partial charge in [0.25, 0.3) is 5.69 Å². The molecule has 0 aliphatic carbocycles. The zero-order valence-electron chi connectivity index (χ0n) is 12.5. The molecule has 0 bridgehead atoms. The first-order valence-electron chi connectivity index (χ1n) is 6.72. The second-order valence-corrected chi connectivity index (χ2v) is 5.01. The molecule has 0 saturated heterocycles. The maximum atomic E-state index is 11.8. The molecule has 0 aromatic heterocycles. The molecule has 8 nitrogen and oxygen atoms in total. The van der Waals surface area contributed by atoms with Crippen molar-refractivity contribution in [3.8, 4) is 0 Å². The lowest BCUT2D eigenvalue weighted by Crippen LogP contribution is -2.29. The SMILES string of the molecule is CCOC(=O)C(C=Nc1ccc([N+](=O)[O-])cc1Br)C(=O)OCC. The first-order chi connectivity index (χ1) is 10.9. The van der Waals surface area contributed by atoms with E-state index in [1.807, 2.05) is 0 Å². The molecular weight excluding hydrogens is 372 g/mol. The molecule has 1 aromatic carbocycles. The molecule has 9 heteroatoms. The average Bonchev–Trinajstić information content (AvgIpc) is 2.49. The smallest absolute Gasteiger partial charge is 0.325 e. The fraction of sp³-hybridized carbons (Fsp3) is 0.357. The second-order valence-electron chi connectivity index (χ2n) is 4.15. The fourth-order valence-corrected chi connectivity index (χ4v) is 2.02. The van der Waals surface area contributed by atoms with Crippen molar-refractivity contribution >= 4 is 45.5 Å². The normalized spacial score (nSPS) is 10.8. The van der Waals surface area contributed by atoms with Gasteiger partial charge in [-0.05, 0) is 35.8 Å². The number of rotatable bonds is 7. The number of carbonyl (C=O) groups is 2. The summed E-state index contributed by atoms with van der Waals surface area (Å²) in [5.74, 6) is -2.84. The van der Waals surface area contributed by atoms with Gasteiger partial charge in [-0.3, -0.25) is 24.7 Å². The van der Waals surface area contributed by atoms with Gasteiger partial charge < -0.3 is 9.47 Å². The Morgan fingerprint density at radius 2 is 1.87 bits per heavy atom. The number of nitro groups is 1. The molecule has 0 amide bonds. The van der Waals surface area contributed by atoms with E-state index < -0.39 is 22.8 Å². The number of hydrogen-bond donors (Lipinski definition) is 0. The van der Waals surface area contributed by atoms with E-state index in [-0.39, 0.29) is 18.9 Å². The van der Waals surface area contributed by atoms with Crippen LogP contribution in [0, 0.1) is 16.0 Å². The van der Waals surface area contributed by atoms with Crippen LogP contribution in [0.15, 0.2) is 27.7 Å². The molecule has 0 atom stereocenters. The molecule has 23 heavy (non-hydrogen) atoms. The van der Waals surface area contributed by atoms with Crippen LogP contribution in [0.25, 0.3) is 0 Å². The van der Waals surface area contributed by atoms with Crippen LogP contribution in [-0.2, 0) is 19.1 Å². The van der Waals surface area contributed by atoms with Gasteiger partial charge >= 0.3 is 11.9 Å². The maximum absolute atomic E-state index is 11.8. The van der Waals surface area contributed by atoms with Crippen molar-refractivity contribution in [2.75, 3.05) is 13.2 Å². The molecule has 1 rings (SSSR count). The van der Waals surface area contributed by atoms with Crippen molar-refractivity contribution in [3.05, 3.63) is 32.8 Å². The van der Waals surface area contributed by atoms with Crippen molar-refractivity contribution in [1.82, 2.24) is 0 Å².